The highest BCUT2D eigenvalue weighted by atomic mass is 14.8. The number of nitrogens with one attached hydrogen (secondary N) is 1. The van der Waals surface area contributed by atoms with E-state index in [9.17, 15) is 0 Å². The maximum atomic E-state index is 7.12. The van der Waals surface area contributed by atoms with Gasteiger partial charge in [-0.15, -0.1) is 0 Å². The fraction of sp³-hybridized carbons (Fsp3) is 0.462. The van der Waals surface area contributed by atoms with Gasteiger partial charge < -0.3 is 0 Å². The van der Waals surface area contributed by atoms with Crippen LogP contribution in [-0.4, -0.2) is 10.5 Å². The molecule has 1 aromatic carbocycles. The van der Waals surface area contributed by atoms with Gasteiger partial charge in [-0.1, -0.05) is 0 Å². The zero-order valence-corrected chi connectivity index (χ0v) is 10.4. The Morgan fingerprint density at radius 2 is 1.13 bits per heavy atom. The molecule has 0 heterocycles. The van der Waals surface area contributed by atoms with E-state index in [2.05, 4.69) is 39.4 Å². The van der Waals surface area contributed by atoms with Crippen molar-refractivity contribution in [2.75, 3.05) is 0 Å². The molecule has 0 unspecified atom stereocenters. The quantitative estimate of drug-likeness (QED) is 0.413. The van der Waals surface area contributed by atoms with Crippen LogP contribution in [0.4, 0.5) is 0 Å². The third-order valence-corrected chi connectivity index (χ3v) is 3.53. The summed E-state index contributed by atoms with van der Waals surface area (Å²) < 4.78 is 0. The van der Waals surface area contributed by atoms with E-state index in [1.165, 1.54) is 27.8 Å². The van der Waals surface area contributed by atoms with E-state index >= 15 is 0 Å². The predicted molar refractivity (Wildman–Crippen MR) is 62.9 cm³/mol. The summed E-state index contributed by atoms with van der Waals surface area (Å²) in [5, 5.41) is 0. The van der Waals surface area contributed by atoms with Crippen LogP contribution in [0.15, 0.2) is 0 Å². The topological polar surface area (TPSA) is 38.0 Å². The van der Waals surface area contributed by atoms with Gasteiger partial charge in [-0.25, -0.2) is 0 Å². The van der Waals surface area contributed by atoms with Crippen molar-refractivity contribution in [2.24, 2.45) is 0 Å². The Morgan fingerprint density at radius 3 is 1.47 bits per heavy atom. The molecule has 0 amide bonds. The van der Waals surface area contributed by atoms with Crippen LogP contribution in [0.5, 0.6) is 0 Å². The highest BCUT2D eigenvalue weighted by Gasteiger charge is 2.19. The van der Waals surface area contributed by atoms with Crippen LogP contribution >= 0.6 is 0 Å². The normalized spacial score (nSPS) is 10.0. The van der Waals surface area contributed by atoms with Crippen molar-refractivity contribution >= 4 is 5.71 Å². The summed E-state index contributed by atoms with van der Waals surface area (Å²) in [6.45, 7) is 12.5. The highest BCUT2D eigenvalue weighted by Crippen LogP contribution is 2.25. The van der Waals surface area contributed by atoms with E-state index in [0.29, 0.717) is 0 Å². The second-order valence-corrected chi connectivity index (χ2v) is 4.20. The van der Waals surface area contributed by atoms with Crippen molar-refractivity contribution in [1.82, 2.24) is 0 Å². The Bertz CT molecular complexity index is 435. The summed E-state index contributed by atoms with van der Waals surface area (Å²) in [7, 11) is 0. The van der Waals surface area contributed by atoms with Crippen LogP contribution in [0.25, 0.3) is 0 Å². The minimum Gasteiger partial charge on any atom is -0.0447 e. The monoisotopic (exact) mass is 203 g/mol. The fourth-order valence-electron chi connectivity index (χ4n) is 2.10. The van der Waals surface area contributed by atoms with Crippen LogP contribution in [0, 0.1) is 40.1 Å². The Morgan fingerprint density at radius 1 is 0.800 bits per heavy atom. The first-order valence-electron chi connectivity index (χ1n) is 5.20. The summed E-state index contributed by atoms with van der Waals surface area (Å²) in [6, 6.07) is 0. The smallest absolute Gasteiger partial charge is 0.0447 e. The molecule has 0 fully saturated rings. The lowest BCUT2D eigenvalue weighted by atomic mass is 9.88. The van der Waals surface area contributed by atoms with Crippen LogP contribution in [0.1, 0.15) is 40.3 Å². The van der Waals surface area contributed by atoms with E-state index in [0.717, 1.165) is 11.3 Å². The molecule has 80 valence electrons. The second kappa shape index (κ2) is 4.00. The maximum Gasteiger partial charge on any atom is 0.346 e. The van der Waals surface area contributed by atoms with Gasteiger partial charge >= 0.3 is 5.71 Å². The largest absolute Gasteiger partial charge is 0.346 e. The standard InChI is InChI=1S/C13H19N2/c1-7-8(2)10(4)13(12(6)15-14)11(5)9(7)3/h14H,1-6H3/q+1. The lowest BCUT2D eigenvalue weighted by Gasteiger charge is -2.14. The van der Waals surface area contributed by atoms with E-state index in [1.54, 1.807) is 0 Å². The Hall–Kier alpha value is -1.40. The summed E-state index contributed by atoms with van der Waals surface area (Å²) in [5.41, 5.74) is 15.6. The molecule has 0 bridgehead atoms. The molecule has 0 saturated heterocycles. The maximum absolute atomic E-state index is 7.12. The van der Waals surface area contributed by atoms with Gasteiger partial charge in [0.25, 0.3) is 0 Å². The van der Waals surface area contributed by atoms with Crippen molar-refractivity contribution in [1.29, 1.82) is 5.53 Å². The molecule has 0 aliphatic heterocycles. The zero-order chi connectivity index (χ0) is 11.7. The van der Waals surface area contributed by atoms with Crippen molar-refractivity contribution in [3.8, 4) is 0 Å². The van der Waals surface area contributed by atoms with Crippen molar-refractivity contribution in [2.45, 2.75) is 41.5 Å². The average molecular weight is 203 g/mol. The number of hydrogen-bond donors (Lipinski definition) is 1. The summed E-state index contributed by atoms with van der Waals surface area (Å²) in [5.74, 6) is 0. The van der Waals surface area contributed by atoms with Gasteiger partial charge in [0.1, 0.15) is 0 Å². The van der Waals surface area contributed by atoms with Gasteiger partial charge in [-0.2, -0.15) is 0 Å². The zero-order valence-electron chi connectivity index (χ0n) is 10.4. The van der Waals surface area contributed by atoms with Crippen molar-refractivity contribution < 1.29 is 4.79 Å². The molecule has 0 aliphatic rings. The molecular formula is C13H19N2+. The van der Waals surface area contributed by atoms with E-state index < -0.39 is 0 Å². The van der Waals surface area contributed by atoms with E-state index in [1.807, 2.05) is 6.92 Å². The lowest BCUT2D eigenvalue weighted by molar-refractivity contribution is -0.119. The van der Waals surface area contributed by atoms with Gasteiger partial charge in [0.05, 0.1) is 15.9 Å². The van der Waals surface area contributed by atoms with Crippen molar-refractivity contribution in [3.63, 3.8) is 0 Å². The molecule has 2 heteroatoms. The average Bonchev–Trinajstić information content (AvgIpc) is 2.23. The molecule has 15 heavy (non-hydrogen) atoms. The van der Waals surface area contributed by atoms with Crippen molar-refractivity contribution in [3.05, 3.63) is 33.4 Å². The molecular weight excluding hydrogens is 184 g/mol. The fourth-order valence-corrected chi connectivity index (χ4v) is 2.10. The van der Waals surface area contributed by atoms with Crippen LogP contribution < -0.4 is 0 Å². The lowest BCUT2D eigenvalue weighted by Crippen LogP contribution is -2.08. The van der Waals surface area contributed by atoms with E-state index in [-0.39, 0.29) is 0 Å². The molecule has 0 aromatic heterocycles. The minimum atomic E-state index is 0.802. The van der Waals surface area contributed by atoms with Crippen LogP contribution in [0.2, 0.25) is 0 Å². The first-order chi connectivity index (χ1) is 6.91. The summed E-state index contributed by atoms with van der Waals surface area (Å²) in [4.78, 5) is 3.56. The number of benzene rings is 1. The number of nitrogens with zero attached hydrogens (tertiary/aromatic N) is 1. The Labute approximate surface area is 91.6 Å². The molecule has 0 spiro atoms. The molecule has 1 N–H and O–H groups in total. The van der Waals surface area contributed by atoms with Gasteiger partial charge in [-0.3, -0.25) is 0 Å². The van der Waals surface area contributed by atoms with Crippen LogP contribution in [-0.2, 0) is 0 Å². The number of hydrogen-bond acceptors (Lipinski definition) is 1. The molecule has 0 saturated carbocycles. The van der Waals surface area contributed by atoms with Gasteiger partial charge in [0.2, 0.25) is 0 Å². The van der Waals surface area contributed by atoms with Crippen LogP contribution in [0.3, 0.4) is 0 Å². The van der Waals surface area contributed by atoms with Gasteiger partial charge in [-0.05, 0) is 62.4 Å². The van der Waals surface area contributed by atoms with Gasteiger partial charge in [0, 0.05) is 6.92 Å². The molecule has 1 aromatic rings. The second-order valence-electron chi connectivity index (χ2n) is 4.20. The SMILES string of the molecule is CC(=[N+]=N)c1c(C)c(C)c(C)c(C)c1C. The molecule has 1 rings (SSSR count). The molecule has 0 atom stereocenters. The number of rotatable bonds is 1. The minimum absolute atomic E-state index is 0.802. The highest BCUT2D eigenvalue weighted by molar-refractivity contribution is 5.98. The summed E-state index contributed by atoms with van der Waals surface area (Å²) in [6.07, 6.45) is 0. The molecule has 2 nitrogen and oxygen atoms in total. The first-order valence-corrected chi connectivity index (χ1v) is 5.20. The summed E-state index contributed by atoms with van der Waals surface area (Å²) >= 11 is 0. The third-order valence-electron chi connectivity index (χ3n) is 3.53. The van der Waals surface area contributed by atoms with Gasteiger partial charge in [0.15, 0.2) is 0 Å². The van der Waals surface area contributed by atoms with E-state index in [4.69, 9.17) is 5.53 Å². The predicted octanol–water partition coefficient (Wildman–Crippen LogP) is 3.28. The third kappa shape index (κ3) is 1.73. The Balaban J connectivity index is 3.75. The molecule has 0 radical (unpaired) electrons. The Kier molecular flexibility index (Phi) is 3.11. The molecule has 0 aliphatic carbocycles. The first kappa shape index (κ1) is 11.7.